The summed E-state index contributed by atoms with van der Waals surface area (Å²) in [4.78, 5) is 13.8. The molecule has 0 aliphatic heterocycles. The van der Waals surface area contributed by atoms with Gasteiger partial charge < -0.3 is 10.2 Å². The van der Waals surface area contributed by atoms with E-state index in [1.165, 1.54) is 0 Å². The van der Waals surface area contributed by atoms with Crippen LogP contribution in [0.3, 0.4) is 0 Å². The first-order valence-corrected chi connectivity index (χ1v) is 7.18. The smallest absolute Gasteiger partial charge is 0.321 e. The number of para-hydroxylation sites is 1. The predicted octanol–water partition coefficient (Wildman–Crippen LogP) is 4.42. The molecule has 0 fully saturated rings. The van der Waals surface area contributed by atoms with Crippen LogP contribution < -0.4 is 5.32 Å². The first kappa shape index (κ1) is 14.6. The number of hydrogen-bond donors (Lipinski definition) is 1. The van der Waals surface area contributed by atoms with Gasteiger partial charge >= 0.3 is 6.03 Å². The van der Waals surface area contributed by atoms with Gasteiger partial charge in [-0.05, 0) is 36.2 Å². The maximum Gasteiger partial charge on any atom is 0.321 e. The Morgan fingerprint density at radius 1 is 1.15 bits per heavy atom. The molecule has 4 heteroatoms. The van der Waals surface area contributed by atoms with E-state index in [0.29, 0.717) is 6.54 Å². The van der Waals surface area contributed by atoms with Crippen LogP contribution >= 0.6 is 15.9 Å². The standard InChI is InChI=1S/C16H17BrN2O/c1-12-5-3-4-6-15(12)18-16(20)19(2)11-13-7-9-14(17)10-8-13/h3-10H,11H2,1-2H3,(H,18,20). The number of carbonyl (C=O) groups is 1. The van der Waals surface area contributed by atoms with Gasteiger partial charge in [0.25, 0.3) is 0 Å². The molecular weight excluding hydrogens is 316 g/mol. The molecule has 20 heavy (non-hydrogen) atoms. The minimum absolute atomic E-state index is 0.109. The number of carbonyl (C=O) groups excluding carboxylic acids is 1. The number of urea groups is 1. The Morgan fingerprint density at radius 2 is 1.80 bits per heavy atom. The minimum atomic E-state index is -0.109. The fourth-order valence-electron chi connectivity index (χ4n) is 1.86. The van der Waals surface area contributed by atoms with Crippen LogP contribution in [0.1, 0.15) is 11.1 Å². The lowest BCUT2D eigenvalue weighted by Gasteiger charge is -2.19. The third-order valence-corrected chi connectivity index (χ3v) is 3.60. The van der Waals surface area contributed by atoms with Crippen LogP contribution in [-0.2, 0) is 6.54 Å². The molecule has 104 valence electrons. The predicted molar refractivity (Wildman–Crippen MR) is 85.8 cm³/mol. The summed E-state index contributed by atoms with van der Waals surface area (Å²) in [5.74, 6) is 0. The molecule has 0 aromatic heterocycles. The van der Waals surface area contributed by atoms with Crippen LogP contribution in [0.4, 0.5) is 10.5 Å². The molecule has 2 aromatic carbocycles. The van der Waals surface area contributed by atoms with Crippen molar-refractivity contribution in [2.45, 2.75) is 13.5 Å². The van der Waals surface area contributed by atoms with Gasteiger partial charge in [0, 0.05) is 23.8 Å². The van der Waals surface area contributed by atoms with Crippen LogP contribution in [0, 0.1) is 6.92 Å². The van der Waals surface area contributed by atoms with Gasteiger partial charge in [0.05, 0.1) is 0 Å². The summed E-state index contributed by atoms with van der Waals surface area (Å²) in [5.41, 5.74) is 2.99. The largest absolute Gasteiger partial charge is 0.323 e. The maximum absolute atomic E-state index is 12.1. The van der Waals surface area contributed by atoms with Crippen molar-refractivity contribution in [3.8, 4) is 0 Å². The number of nitrogens with zero attached hydrogens (tertiary/aromatic N) is 1. The number of hydrogen-bond acceptors (Lipinski definition) is 1. The normalized spacial score (nSPS) is 10.2. The van der Waals surface area contributed by atoms with Gasteiger partial charge in [-0.3, -0.25) is 0 Å². The van der Waals surface area contributed by atoms with Gasteiger partial charge in [-0.25, -0.2) is 4.79 Å². The van der Waals surface area contributed by atoms with E-state index in [1.807, 2.05) is 55.5 Å². The summed E-state index contributed by atoms with van der Waals surface area (Å²) in [6, 6.07) is 15.6. The number of aryl methyl sites for hydroxylation is 1. The number of benzene rings is 2. The highest BCUT2D eigenvalue weighted by atomic mass is 79.9. The molecule has 2 aromatic rings. The second-order valence-electron chi connectivity index (χ2n) is 4.73. The van der Waals surface area contributed by atoms with Crippen molar-refractivity contribution in [2.24, 2.45) is 0 Å². The number of amides is 2. The van der Waals surface area contributed by atoms with Crippen molar-refractivity contribution >= 4 is 27.6 Å². The summed E-state index contributed by atoms with van der Waals surface area (Å²) in [5, 5.41) is 2.92. The van der Waals surface area contributed by atoms with E-state index in [4.69, 9.17) is 0 Å². The SMILES string of the molecule is Cc1ccccc1NC(=O)N(C)Cc1ccc(Br)cc1. The summed E-state index contributed by atoms with van der Waals surface area (Å²) >= 11 is 3.40. The molecule has 1 N–H and O–H groups in total. The third-order valence-electron chi connectivity index (χ3n) is 3.07. The first-order chi connectivity index (χ1) is 9.56. The van der Waals surface area contributed by atoms with Gasteiger partial charge in [-0.1, -0.05) is 46.3 Å². The molecule has 3 nitrogen and oxygen atoms in total. The molecule has 0 radical (unpaired) electrons. The molecule has 0 atom stereocenters. The zero-order valence-electron chi connectivity index (χ0n) is 11.6. The molecule has 0 unspecified atom stereocenters. The van der Waals surface area contributed by atoms with Gasteiger partial charge in [0.1, 0.15) is 0 Å². The van der Waals surface area contributed by atoms with Crippen molar-refractivity contribution in [1.29, 1.82) is 0 Å². The Morgan fingerprint density at radius 3 is 2.45 bits per heavy atom. The van der Waals surface area contributed by atoms with Crippen molar-refractivity contribution in [3.63, 3.8) is 0 Å². The highest BCUT2D eigenvalue weighted by molar-refractivity contribution is 9.10. The Kier molecular flexibility index (Phi) is 4.79. The third kappa shape index (κ3) is 3.84. The van der Waals surface area contributed by atoms with Crippen LogP contribution in [0.25, 0.3) is 0 Å². The molecule has 0 aliphatic rings. The van der Waals surface area contributed by atoms with Gasteiger partial charge in [0.2, 0.25) is 0 Å². The minimum Gasteiger partial charge on any atom is -0.323 e. The van der Waals surface area contributed by atoms with Gasteiger partial charge in [0.15, 0.2) is 0 Å². The Hall–Kier alpha value is -1.81. The monoisotopic (exact) mass is 332 g/mol. The Balaban J connectivity index is 1.99. The van der Waals surface area contributed by atoms with Gasteiger partial charge in [-0.15, -0.1) is 0 Å². The first-order valence-electron chi connectivity index (χ1n) is 6.38. The van der Waals surface area contributed by atoms with E-state index in [2.05, 4.69) is 21.2 Å². The number of rotatable bonds is 3. The Bertz CT molecular complexity index is 596. The average molecular weight is 333 g/mol. The molecule has 2 amide bonds. The molecule has 0 spiro atoms. The van der Waals surface area contributed by atoms with Crippen LogP contribution in [0.15, 0.2) is 53.0 Å². The Labute approximate surface area is 127 Å². The van der Waals surface area contributed by atoms with E-state index in [0.717, 1.165) is 21.3 Å². The molecule has 0 bridgehead atoms. The average Bonchev–Trinajstić information content (AvgIpc) is 2.44. The zero-order valence-corrected chi connectivity index (χ0v) is 13.1. The van der Waals surface area contributed by atoms with Crippen molar-refractivity contribution in [2.75, 3.05) is 12.4 Å². The highest BCUT2D eigenvalue weighted by Gasteiger charge is 2.10. The second-order valence-corrected chi connectivity index (χ2v) is 5.64. The van der Waals surface area contributed by atoms with E-state index in [1.54, 1.807) is 11.9 Å². The summed E-state index contributed by atoms with van der Waals surface area (Å²) < 4.78 is 1.04. The number of halogens is 1. The summed E-state index contributed by atoms with van der Waals surface area (Å²) in [7, 11) is 1.79. The van der Waals surface area contributed by atoms with Crippen molar-refractivity contribution < 1.29 is 4.79 Å². The van der Waals surface area contributed by atoms with E-state index < -0.39 is 0 Å². The fraction of sp³-hybridized carbons (Fsp3) is 0.188. The van der Waals surface area contributed by atoms with Crippen molar-refractivity contribution in [3.05, 3.63) is 64.1 Å². The van der Waals surface area contributed by atoms with Crippen LogP contribution in [0.2, 0.25) is 0 Å². The lowest BCUT2D eigenvalue weighted by atomic mass is 10.2. The van der Waals surface area contributed by atoms with E-state index in [9.17, 15) is 4.79 Å². The molecular formula is C16H17BrN2O. The summed E-state index contributed by atoms with van der Waals surface area (Å²) in [6.45, 7) is 2.55. The lowest BCUT2D eigenvalue weighted by molar-refractivity contribution is 0.220. The lowest BCUT2D eigenvalue weighted by Crippen LogP contribution is -2.31. The van der Waals surface area contributed by atoms with Crippen molar-refractivity contribution in [1.82, 2.24) is 4.90 Å². The van der Waals surface area contributed by atoms with Crippen LogP contribution in [0.5, 0.6) is 0 Å². The number of anilines is 1. The molecule has 2 rings (SSSR count). The van der Waals surface area contributed by atoms with Crippen LogP contribution in [-0.4, -0.2) is 18.0 Å². The zero-order chi connectivity index (χ0) is 14.5. The maximum atomic E-state index is 12.1. The molecule has 0 saturated carbocycles. The number of nitrogens with one attached hydrogen (secondary N) is 1. The van der Waals surface area contributed by atoms with Gasteiger partial charge in [-0.2, -0.15) is 0 Å². The summed E-state index contributed by atoms with van der Waals surface area (Å²) in [6.07, 6.45) is 0. The molecule has 0 aliphatic carbocycles. The van der Waals surface area contributed by atoms with E-state index >= 15 is 0 Å². The highest BCUT2D eigenvalue weighted by Crippen LogP contribution is 2.15. The quantitative estimate of drug-likeness (QED) is 0.886. The topological polar surface area (TPSA) is 32.3 Å². The molecule has 0 saturated heterocycles. The van der Waals surface area contributed by atoms with E-state index in [-0.39, 0.29) is 6.03 Å². The fourth-order valence-corrected chi connectivity index (χ4v) is 2.12. The second kappa shape index (κ2) is 6.57. The molecule has 0 heterocycles.